The molecule has 8 nitrogen and oxygen atoms in total. The number of benzene rings is 2. The number of H-pyrrole nitrogens is 1. The molecule has 4 saturated carbocycles. The molecule has 1 aliphatic heterocycles. The van der Waals surface area contributed by atoms with Crippen LogP contribution in [0.2, 0.25) is 0 Å². The lowest BCUT2D eigenvalue weighted by molar-refractivity contribution is -0.169. The van der Waals surface area contributed by atoms with Crippen molar-refractivity contribution in [3.05, 3.63) is 75.5 Å². The number of rotatable bonds is 9. The van der Waals surface area contributed by atoms with Crippen LogP contribution in [0, 0.1) is 40.3 Å². The van der Waals surface area contributed by atoms with Crippen LogP contribution in [0.1, 0.15) is 113 Å². The van der Waals surface area contributed by atoms with Crippen molar-refractivity contribution in [1.29, 1.82) is 0 Å². The number of carbonyl (C=O) groups is 2. The van der Waals surface area contributed by atoms with Crippen LogP contribution in [0.4, 0.5) is 13.2 Å². The lowest BCUT2D eigenvalue weighted by atomic mass is 9.45. The van der Waals surface area contributed by atoms with Gasteiger partial charge in [0.25, 0.3) is 11.5 Å². The molecule has 5 fully saturated rings. The lowest BCUT2D eigenvalue weighted by Gasteiger charge is -2.61. The van der Waals surface area contributed by atoms with Crippen LogP contribution >= 0.6 is 0 Å². The second-order valence-electron chi connectivity index (χ2n) is 17.9. The predicted molar refractivity (Wildman–Crippen MR) is 204 cm³/mol. The highest BCUT2D eigenvalue weighted by Gasteiger charge is 2.62. The predicted octanol–water partition coefficient (Wildman–Crippen LogP) is 8.17. The zero-order valence-electron chi connectivity index (χ0n) is 32.3. The van der Waals surface area contributed by atoms with E-state index in [1.54, 1.807) is 34.1 Å². The van der Waals surface area contributed by atoms with Crippen molar-refractivity contribution in [2.45, 2.75) is 109 Å². The molecule has 11 heteroatoms. The third-order valence-corrected chi connectivity index (χ3v) is 15.0. The molecule has 3 aromatic rings. The monoisotopic (exact) mass is 760 g/mol. The Morgan fingerprint density at radius 3 is 2.42 bits per heavy atom. The van der Waals surface area contributed by atoms with Gasteiger partial charge in [-0.15, -0.1) is 0 Å². The number of aromatic amines is 1. The number of nitrogens with one attached hydrogen (secondary N) is 1. The van der Waals surface area contributed by atoms with Crippen LogP contribution < -0.4 is 5.56 Å². The first kappa shape index (κ1) is 38.2. The standard InChI is InChI=1S/C44H55F3N4O4/c1-42-18-19-44(46,47)27-29(42)11-12-32-34-13-15-38(43(34,2)17-16-35(32)42)55-24-6-5-9-39(52)50-20-22-51(23-21-50)41(54)33-25-28(10-14-36(33)45)26-37-30-7-3-4-8-31(30)40(53)49-48-37/h3-4,7-8,10,14,25,29,32,34-35,38H,5-6,9,11-13,15-24,26-27H2,1-2H3,(H,49,53)/t29-,32-,34-,35-,38-,42-,43-/m1/s1. The van der Waals surface area contributed by atoms with Gasteiger partial charge in [0.2, 0.25) is 11.8 Å². The van der Waals surface area contributed by atoms with E-state index in [4.69, 9.17) is 4.74 Å². The van der Waals surface area contributed by atoms with Crippen molar-refractivity contribution < 1.29 is 27.5 Å². The zero-order chi connectivity index (χ0) is 38.5. The van der Waals surface area contributed by atoms with Gasteiger partial charge in [0, 0.05) is 63.9 Å². The third-order valence-electron chi connectivity index (χ3n) is 15.0. The Kier molecular flexibility index (Phi) is 10.4. The Morgan fingerprint density at radius 1 is 0.873 bits per heavy atom. The topological polar surface area (TPSA) is 95.6 Å². The molecule has 2 aromatic carbocycles. The molecule has 0 radical (unpaired) electrons. The molecular weight excluding hydrogens is 706 g/mol. The zero-order valence-corrected chi connectivity index (χ0v) is 32.3. The molecule has 55 heavy (non-hydrogen) atoms. The van der Waals surface area contributed by atoms with Crippen molar-refractivity contribution >= 4 is 22.6 Å². The molecule has 8 rings (SSSR count). The third kappa shape index (κ3) is 7.23. The van der Waals surface area contributed by atoms with E-state index >= 15 is 0 Å². The second kappa shape index (κ2) is 15.0. The molecule has 7 atom stereocenters. The van der Waals surface area contributed by atoms with Gasteiger partial charge in [-0.05, 0) is 116 Å². The number of piperazine rings is 1. The Labute approximate surface area is 321 Å². The van der Waals surface area contributed by atoms with E-state index in [2.05, 4.69) is 24.0 Å². The average molecular weight is 761 g/mol. The summed E-state index contributed by atoms with van der Waals surface area (Å²) < 4.78 is 50.2. The van der Waals surface area contributed by atoms with Gasteiger partial charge in [0.15, 0.2) is 0 Å². The van der Waals surface area contributed by atoms with Gasteiger partial charge in [-0.2, -0.15) is 5.10 Å². The largest absolute Gasteiger partial charge is 0.378 e. The number of hydrogen-bond donors (Lipinski definition) is 1. The highest BCUT2D eigenvalue weighted by atomic mass is 19.3. The number of amides is 2. The SMILES string of the molecule is C[C@@]12CCC(F)(F)C[C@H]1CC[C@H]1[C@H]2CC[C@]2(C)[C@@H]1CC[C@H]2OCCCCC(=O)N1CCN(C(=O)c2cc(Cc3n[nH]c(=O)c4ccccc34)ccc2F)CC1. The Balaban J connectivity index is 0.780. The minimum Gasteiger partial charge on any atom is -0.378 e. The van der Waals surface area contributed by atoms with E-state index in [-0.39, 0.29) is 52.7 Å². The Morgan fingerprint density at radius 2 is 1.62 bits per heavy atom. The normalized spacial score (nSPS) is 31.5. The number of unbranched alkanes of at least 4 members (excludes halogenated alkanes) is 1. The van der Waals surface area contributed by atoms with E-state index in [1.165, 1.54) is 6.07 Å². The van der Waals surface area contributed by atoms with Crippen molar-refractivity contribution in [3.63, 3.8) is 0 Å². The summed E-state index contributed by atoms with van der Waals surface area (Å²) in [6, 6.07) is 11.7. The Bertz CT molecular complexity index is 1980. The van der Waals surface area contributed by atoms with Crippen molar-refractivity contribution in [1.82, 2.24) is 20.0 Å². The molecule has 1 saturated heterocycles. The van der Waals surface area contributed by atoms with Gasteiger partial charge in [0.05, 0.1) is 22.7 Å². The summed E-state index contributed by atoms with van der Waals surface area (Å²) >= 11 is 0. The van der Waals surface area contributed by atoms with Gasteiger partial charge in [-0.3, -0.25) is 14.4 Å². The Hall–Kier alpha value is -3.73. The molecular formula is C44H55F3N4O4. The number of aromatic nitrogens is 2. The first-order chi connectivity index (χ1) is 26.4. The quantitative estimate of drug-likeness (QED) is 0.222. The molecule has 0 spiro atoms. The van der Waals surface area contributed by atoms with Crippen LogP contribution in [0.5, 0.6) is 0 Å². The number of fused-ring (bicyclic) bond motifs is 6. The fourth-order valence-electron chi connectivity index (χ4n) is 11.8. The highest BCUT2D eigenvalue weighted by molar-refractivity contribution is 5.95. The first-order valence-electron chi connectivity index (χ1n) is 20.7. The summed E-state index contributed by atoms with van der Waals surface area (Å²) in [6.45, 7) is 6.85. The van der Waals surface area contributed by atoms with Gasteiger partial charge < -0.3 is 14.5 Å². The van der Waals surface area contributed by atoms with Crippen LogP contribution in [-0.2, 0) is 16.0 Å². The van der Waals surface area contributed by atoms with E-state index in [0.29, 0.717) is 91.8 Å². The number of carbonyl (C=O) groups excluding carboxylic acids is 2. The molecule has 4 aliphatic carbocycles. The molecule has 1 aromatic heterocycles. The van der Waals surface area contributed by atoms with Gasteiger partial charge in [-0.25, -0.2) is 18.3 Å². The maximum atomic E-state index is 15.0. The van der Waals surface area contributed by atoms with Gasteiger partial charge in [0.1, 0.15) is 5.82 Å². The summed E-state index contributed by atoms with van der Waals surface area (Å²) in [6.07, 6.45) is 9.76. The molecule has 0 bridgehead atoms. The van der Waals surface area contributed by atoms with Crippen molar-refractivity contribution in [2.24, 2.45) is 34.5 Å². The summed E-state index contributed by atoms with van der Waals surface area (Å²) in [5.74, 6) is -1.51. The summed E-state index contributed by atoms with van der Waals surface area (Å²) in [7, 11) is 0. The van der Waals surface area contributed by atoms with Crippen LogP contribution in [0.25, 0.3) is 10.8 Å². The second-order valence-corrected chi connectivity index (χ2v) is 17.9. The molecule has 1 N–H and O–H groups in total. The number of alkyl halides is 2. The highest BCUT2D eigenvalue weighted by Crippen LogP contribution is 2.67. The average Bonchev–Trinajstić information content (AvgIpc) is 3.52. The summed E-state index contributed by atoms with van der Waals surface area (Å²) in [5.41, 5.74) is 1.22. The molecule has 2 amide bonds. The van der Waals surface area contributed by atoms with Crippen LogP contribution in [0.15, 0.2) is 47.3 Å². The fourth-order valence-corrected chi connectivity index (χ4v) is 11.8. The minimum atomic E-state index is -2.49. The smallest absolute Gasteiger partial charge is 0.272 e. The number of nitrogens with zero attached hydrogens (tertiary/aromatic N) is 3. The van der Waals surface area contributed by atoms with Gasteiger partial charge in [-0.1, -0.05) is 38.1 Å². The molecule has 0 unspecified atom stereocenters. The molecule has 296 valence electrons. The lowest BCUT2D eigenvalue weighted by Crippen LogP contribution is -2.55. The molecule has 2 heterocycles. The summed E-state index contributed by atoms with van der Waals surface area (Å²) in [5, 5.41) is 7.98. The van der Waals surface area contributed by atoms with Crippen LogP contribution in [0.3, 0.4) is 0 Å². The first-order valence-corrected chi connectivity index (χ1v) is 20.7. The molecule has 5 aliphatic rings. The van der Waals surface area contributed by atoms with Crippen molar-refractivity contribution in [3.8, 4) is 0 Å². The van der Waals surface area contributed by atoms with Crippen LogP contribution in [-0.4, -0.2) is 76.6 Å². The van der Waals surface area contributed by atoms with Crippen molar-refractivity contribution in [2.75, 3.05) is 32.8 Å². The van der Waals surface area contributed by atoms with E-state index in [1.807, 2.05) is 12.1 Å². The number of hydrogen-bond acceptors (Lipinski definition) is 5. The number of halogens is 3. The minimum absolute atomic E-state index is 0.0141. The van der Waals surface area contributed by atoms with E-state index in [9.17, 15) is 27.6 Å². The summed E-state index contributed by atoms with van der Waals surface area (Å²) in [4.78, 5) is 42.2. The van der Waals surface area contributed by atoms with E-state index < -0.39 is 17.6 Å². The maximum absolute atomic E-state index is 15.0. The maximum Gasteiger partial charge on any atom is 0.272 e. The number of ether oxygens (including phenoxy) is 1. The van der Waals surface area contributed by atoms with E-state index in [0.717, 1.165) is 51.4 Å². The fraction of sp³-hybridized carbons (Fsp3) is 0.636. The van der Waals surface area contributed by atoms with Gasteiger partial charge >= 0.3 is 0 Å².